The molecule has 5 heteroatoms. The van der Waals surface area contributed by atoms with E-state index >= 15 is 0 Å². The largest absolute Gasteiger partial charge is 0.497 e. The molecule has 1 aliphatic rings. The maximum Gasteiger partial charge on any atom is 0.209 e. The second-order valence-corrected chi connectivity index (χ2v) is 8.01. The molecule has 144 valence electrons. The van der Waals surface area contributed by atoms with Crippen molar-refractivity contribution >= 4 is 33.5 Å². The third kappa shape index (κ3) is 3.17. The Kier molecular flexibility index (Phi) is 4.52. The number of aromatic nitrogens is 1. The first kappa shape index (κ1) is 17.9. The maximum absolute atomic E-state index is 5.57. The van der Waals surface area contributed by atoms with Gasteiger partial charge in [-0.1, -0.05) is 41.7 Å². The lowest BCUT2D eigenvalue weighted by Crippen LogP contribution is -2.02. The molecule has 0 bridgehead atoms. The highest BCUT2D eigenvalue weighted by Gasteiger charge is 2.21. The van der Waals surface area contributed by atoms with E-state index in [9.17, 15) is 0 Å². The molecular formula is C24H20N2O2S. The number of thiazole rings is 1. The molecule has 1 aliphatic carbocycles. The van der Waals surface area contributed by atoms with E-state index in [0.717, 1.165) is 51.5 Å². The van der Waals surface area contributed by atoms with Gasteiger partial charge in [-0.2, -0.15) is 0 Å². The molecule has 1 aromatic heterocycles. The highest BCUT2D eigenvalue weighted by Crippen LogP contribution is 2.40. The first-order valence-corrected chi connectivity index (χ1v) is 10.4. The van der Waals surface area contributed by atoms with E-state index in [1.54, 1.807) is 25.6 Å². The van der Waals surface area contributed by atoms with Crippen molar-refractivity contribution in [2.45, 2.75) is 12.8 Å². The van der Waals surface area contributed by atoms with Crippen LogP contribution in [0.25, 0.3) is 22.0 Å². The van der Waals surface area contributed by atoms with Crippen molar-refractivity contribution in [3.05, 3.63) is 70.6 Å². The Morgan fingerprint density at radius 1 is 1.00 bits per heavy atom. The first-order chi connectivity index (χ1) is 14.3. The van der Waals surface area contributed by atoms with Crippen molar-refractivity contribution in [3.8, 4) is 22.8 Å². The van der Waals surface area contributed by atoms with Crippen LogP contribution in [0.3, 0.4) is 0 Å². The summed E-state index contributed by atoms with van der Waals surface area (Å²) in [4.78, 5) is 10.9. The lowest BCUT2D eigenvalue weighted by Gasteiger charge is -2.15. The molecule has 0 unspecified atom stereocenters. The Labute approximate surface area is 173 Å². The van der Waals surface area contributed by atoms with Gasteiger partial charge in [-0.3, -0.25) is 0 Å². The van der Waals surface area contributed by atoms with Crippen molar-refractivity contribution < 1.29 is 9.47 Å². The predicted molar refractivity (Wildman–Crippen MR) is 119 cm³/mol. The van der Waals surface area contributed by atoms with E-state index in [4.69, 9.17) is 19.5 Å². The lowest BCUT2D eigenvalue weighted by molar-refractivity contribution is 0.414. The topological polar surface area (TPSA) is 43.7 Å². The molecule has 1 heterocycles. The van der Waals surface area contributed by atoms with E-state index in [-0.39, 0.29) is 0 Å². The van der Waals surface area contributed by atoms with Crippen LogP contribution >= 0.6 is 11.3 Å². The fraction of sp³-hybridized carbons (Fsp3) is 0.167. The number of hydrogen-bond donors (Lipinski definition) is 0. The number of fused-ring (bicyclic) bond motifs is 4. The van der Waals surface area contributed by atoms with Crippen molar-refractivity contribution in [3.63, 3.8) is 0 Å². The molecule has 0 aliphatic heterocycles. The number of rotatable bonds is 4. The van der Waals surface area contributed by atoms with Crippen LogP contribution in [0.2, 0.25) is 0 Å². The summed E-state index contributed by atoms with van der Waals surface area (Å²) in [5.74, 6) is 1.70. The average Bonchev–Trinajstić information content (AvgIpc) is 3.20. The number of methoxy groups -OCH3 is 2. The Morgan fingerprint density at radius 3 is 2.76 bits per heavy atom. The molecule has 0 saturated carbocycles. The fourth-order valence-corrected chi connectivity index (χ4v) is 4.78. The number of nitrogens with zero attached hydrogens (tertiary/aromatic N) is 2. The molecule has 0 spiro atoms. The Morgan fingerprint density at radius 2 is 1.90 bits per heavy atom. The van der Waals surface area contributed by atoms with Crippen LogP contribution in [-0.4, -0.2) is 25.4 Å². The minimum Gasteiger partial charge on any atom is -0.497 e. The summed E-state index contributed by atoms with van der Waals surface area (Å²) < 4.78 is 10.9. The highest BCUT2D eigenvalue weighted by atomic mass is 32.1. The van der Waals surface area contributed by atoms with E-state index in [0.29, 0.717) is 0 Å². The molecule has 3 aromatic carbocycles. The Balaban J connectivity index is 1.54. The fourth-order valence-electron chi connectivity index (χ4n) is 3.86. The number of ether oxygens (including phenoxy) is 2. The van der Waals surface area contributed by atoms with Crippen LogP contribution in [0.1, 0.15) is 16.0 Å². The number of hydrogen-bond acceptors (Lipinski definition) is 5. The maximum atomic E-state index is 5.57. The minimum absolute atomic E-state index is 0.772. The first-order valence-electron chi connectivity index (χ1n) is 9.53. The number of benzene rings is 3. The van der Waals surface area contributed by atoms with Crippen molar-refractivity contribution in [1.82, 2.24) is 4.98 Å². The predicted octanol–water partition coefficient (Wildman–Crippen LogP) is 5.83. The normalized spacial score (nSPS) is 12.8. The number of aryl methyl sites for hydroxylation is 2. The van der Waals surface area contributed by atoms with E-state index in [1.807, 2.05) is 30.5 Å². The second-order valence-electron chi connectivity index (χ2n) is 6.95. The van der Waals surface area contributed by atoms with Gasteiger partial charge in [0.25, 0.3) is 0 Å². The Hall–Kier alpha value is -3.18. The van der Waals surface area contributed by atoms with Gasteiger partial charge in [-0.25, -0.2) is 9.98 Å². The molecule has 0 radical (unpaired) electrons. The zero-order valence-electron chi connectivity index (χ0n) is 16.3. The van der Waals surface area contributed by atoms with Gasteiger partial charge in [0.15, 0.2) is 0 Å². The molecule has 0 atom stereocenters. The van der Waals surface area contributed by atoms with Crippen LogP contribution in [0.5, 0.6) is 11.5 Å². The SMILES string of the molecule is COc1ccc2c(c1)CCc1sc(N=Cc3c(OC)ccc4ccccc34)nc1-2. The summed E-state index contributed by atoms with van der Waals surface area (Å²) in [6, 6.07) is 18.5. The molecule has 4 nitrogen and oxygen atoms in total. The quantitative estimate of drug-likeness (QED) is 0.405. The van der Waals surface area contributed by atoms with E-state index in [2.05, 4.69) is 30.3 Å². The van der Waals surface area contributed by atoms with E-state index in [1.165, 1.54) is 16.0 Å². The summed E-state index contributed by atoms with van der Waals surface area (Å²) in [6.07, 6.45) is 3.86. The molecular weight excluding hydrogens is 380 g/mol. The third-order valence-corrected chi connectivity index (χ3v) is 6.35. The molecule has 4 aromatic rings. The van der Waals surface area contributed by atoms with Gasteiger partial charge in [0.05, 0.1) is 19.9 Å². The van der Waals surface area contributed by atoms with Gasteiger partial charge in [0.1, 0.15) is 11.5 Å². The molecule has 0 saturated heterocycles. The summed E-state index contributed by atoms with van der Waals surface area (Å²) in [5.41, 5.74) is 4.50. The van der Waals surface area contributed by atoms with Crippen LogP contribution in [0.4, 0.5) is 5.13 Å². The van der Waals surface area contributed by atoms with Crippen molar-refractivity contribution in [2.24, 2.45) is 4.99 Å². The molecule has 5 rings (SSSR count). The van der Waals surface area contributed by atoms with Gasteiger partial charge in [0, 0.05) is 22.2 Å². The van der Waals surface area contributed by atoms with Gasteiger partial charge < -0.3 is 9.47 Å². The van der Waals surface area contributed by atoms with Gasteiger partial charge >= 0.3 is 0 Å². The summed E-state index contributed by atoms with van der Waals surface area (Å²) >= 11 is 1.67. The van der Waals surface area contributed by atoms with Crippen LogP contribution < -0.4 is 9.47 Å². The summed E-state index contributed by atoms with van der Waals surface area (Å²) in [6.45, 7) is 0. The van der Waals surface area contributed by atoms with Crippen LogP contribution in [0, 0.1) is 0 Å². The summed E-state index contributed by atoms with van der Waals surface area (Å²) in [5, 5.41) is 3.05. The molecule has 0 N–H and O–H groups in total. The zero-order valence-corrected chi connectivity index (χ0v) is 17.1. The van der Waals surface area contributed by atoms with Gasteiger partial charge in [-0.05, 0) is 53.4 Å². The monoisotopic (exact) mass is 400 g/mol. The summed E-state index contributed by atoms with van der Waals surface area (Å²) in [7, 11) is 3.39. The third-order valence-electron chi connectivity index (χ3n) is 5.33. The van der Waals surface area contributed by atoms with E-state index < -0.39 is 0 Å². The zero-order chi connectivity index (χ0) is 19.8. The minimum atomic E-state index is 0.772. The highest BCUT2D eigenvalue weighted by molar-refractivity contribution is 7.15. The van der Waals surface area contributed by atoms with Crippen molar-refractivity contribution in [1.29, 1.82) is 0 Å². The smallest absolute Gasteiger partial charge is 0.209 e. The average molecular weight is 401 g/mol. The van der Waals surface area contributed by atoms with Gasteiger partial charge in [0.2, 0.25) is 5.13 Å². The van der Waals surface area contributed by atoms with Crippen LogP contribution in [0.15, 0.2) is 59.6 Å². The lowest BCUT2D eigenvalue weighted by atomic mass is 9.93. The Bertz CT molecular complexity index is 1240. The van der Waals surface area contributed by atoms with Crippen molar-refractivity contribution in [2.75, 3.05) is 14.2 Å². The number of aliphatic imine (C=N–C) groups is 1. The molecule has 0 amide bonds. The van der Waals surface area contributed by atoms with Gasteiger partial charge in [-0.15, -0.1) is 0 Å². The molecule has 29 heavy (non-hydrogen) atoms. The second kappa shape index (κ2) is 7.33. The standard InChI is InChI=1S/C24H20N2O2S/c1-27-17-9-10-19-16(13-17)8-12-22-23(19)26-24(29-22)25-14-20-18-6-4-3-5-15(18)7-11-21(20)28-2/h3-7,9-11,13-14H,8,12H2,1-2H3. The molecule has 0 fully saturated rings. The van der Waals surface area contributed by atoms with Crippen LogP contribution in [-0.2, 0) is 12.8 Å².